The van der Waals surface area contributed by atoms with Crippen LogP contribution in [0.25, 0.3) is 0 Å². The molecule has 0 spiro atoms. The Morgan fingerprint density at radius 1 is 1.42 bits per heavy atom. The molecule has 0 aliphatic carbocycles. The molecule has 1 atom stereocenters. The monoisotopic (exact) mass is 281 g/mol. The van der Waals surface area contributed by atoms with Crippen LogP contribution < -0.4 is 5.32 Å². The number of hydrogen-bond donors (Lipinski definition) is 1. The first-order chi connectivity index (χ1) is 8.95. The van der Waals surface area contributed by atoms with Gasteiger partial charge in [-0.1, -0.05) is 20.8 Å². The normalized spacial score (nSPS) is 13.7. The van der Waals surface area contributed by atoms with Crippen LogP contribution in [0.3, 0.4) is 0 Å². The van der Waals surface area contributed by atoms with Gasteiger partial charge in [-0.15, -0.1) is 0 Å². The number of nitrogens with zero attached hydrogens (tertiary/aromatic N) is 2. The first kappa shape index (κ1) is 14.2. The van der Waals surface area contributed by atoms with Crippen molar-refractivity contribution in [3.63, 3.8) is 0 Å². The number of halogens is 1. The van der Waals surface area contributed by atoms with Gasteiger partial charge in [0.05, 0.1) is 12.9 Å². The molecule has 104 valence electrons. The number of imidazole rings is 1. The standard InChI is InChI=1S/C14H20ClN3O/c1-14(2,3)12(9-18-7-6-16-10-18)17-8-11-4-5-13(15)19-11/h4-7,10,12,17H,8-9H2,1-3H3. The maximum atomic E-state index is 5.77. The van der Waals surface area contributed by atoms with Crippen molar-refractivity contribution in [2.45, 2.75) is 39.9 Å². The van der Waals surface area contributed by atoms with E-state index in [2.05, 4.69) is 35.6 Å². The minimum atomic E-state index is 0.140. The summed E-state index contributed by atoms with van der Waals surface area (Å²) in [5, 5.41) is 3.96. The van der Waals surface area contributed by atoms with E-state index in [-0.39, 0.29) is 5.41 Å². The molecular weight excluding hydrogens is 262 g/mol. The number of nitrogens with one attached hydrogen (secondary N) is 1. The van der Waals surface area contributed by atoms with Crippen molar-refractivity contribution >= 4 is 11.6 Å². The highest BCUT2D eigenvalue weighted by atomic mass is 35.5. The molecular formula is C14H20ClN3O. The second-order valence-corrected chi connectivity index (χ2v) is 6.14. The van der Waals surface area contributed by atoms with Crippen LogP contribution in [0.2, 0.25) is 5.22 Å². The summed E-state index contributed by atoms with van der Waals surface area (Å²) in [7, 11) is 0. The lowest BCUT2D eigenvalue weighted by atomic mass is 9.86. The minimum Gasteiger partial charge on any atom is -0.448 e. The predicted octanol–water partition coefficient (Wildman–Crippen LogP) is 3.33. The van der Waals surface area contributed by atoms with E-state index >= 15 is 0 Å². The van der Waals surface area contributed by atoms with Gasteiger partial charge in [-0.25, -0.2) is 4.98 Å². The Bertz CT molecular complexity index is 499. The Hall–Kier alpha value is -1.26. The fraction of sp³-hybridized carbons (Fsp3) is 0.500. The van der Waals surface area contributed by atoms with Gasteiger partial charge in [0.2, 0.25) is 0 Å². The molecule has 0 saturated heterocycles. The van der Waals surface area contributed by atoms with Gasteiger partial charge in [0, 0.05) is 25.0 Å². The Morgan fingerprint density at radius 2 is 2.21 bits per heavy atom. The number of hydrogen-bond acceptors (Lipinski definition) is 3. The van der Waals surface area contributed by atoms with Crippen LogP contribution in [0.15, 0.2) is 35.3 Å². The van der Waals surface area contributed by atoms with Crippen LogP contribution in [-0.2, 0) is 13.1 Å². The molecule has 0 fully saturated rings. The lowest BCUT2D eigenvalue weighted by Crippen LogP contribution is -2.42. The SMILES string of the molecule is CC(C)(C)C(Cn1ccnc1)NCc1ccc(Cl)o1. The van der Waals surface area contributed by atoms with E-state index in [4.69, 9.17) is 16.0 Å². The van der Waals surface area contributed by atoms with Crippen molar-refractivity contribution in [1.82, 2.24) is 14.9 Å². The molecule has 0 aliphatic heterocycles. The van der Waals surface area contributed by atoms with E-state index in [1.165, 1.54) is 0 Å². The molecule has 0 radical (unpaired) electrons. The Balaban J connectivity index is 1.98. The lowest BCUT2D eigenvalue weighted by molar-refractivity contribution is 0.235. The van der Waals surface area contributed by atoms with Crippen molar-refractivity contribution in [2.24, 2.45) is 5.41 Å². The average Bonchev–Trinajstić information content (AvgIpc) is 2.94. The molecule has 0 amide bonds. The maximum Gasteiger partial charge on any atom is 0.193 e. The molecule has 2 aromatic rings. The van der Waals surface area contributed by atoms with Crippen molar-refractivity contribution < 1.29 is 4.42 Å². The van der Waals surface area contributed by atoms with Gasteiger partial charge in [0.1, 0.15) is 5.76 Å². The maximum absolute atomic E-state index is 5.77. The molecule has 0 aromatic carbocycles. The zero-order valence-electron chi connectivity index (χ0n) is 11.6. The number of furan rings is 1. The molecule has 5 heteroatoms. The van der Waals surface area contributed by atoms with Gasteiger partial charge >= 0.3 is 0 Å². The highest BCUT2D eigenvalue weighted by molar-refractivity contribution is 6.28. The average molecular weight is 282 g/mol. The topological polar surface area (TPSA) is 43.0 Å². The van der Waals surface area contributed by atoms with Crippen LogP contribution in [-0.4, -0.2) is 15.6 Å². The van der Waals surface area contributed by atoms with Crippen molar-refractivity contribution in [3.8, 4) is 0 Å². The molecule has 2 rings (SSSR count). The highest BCUT2D eigenvalue weighted by Gasteiger charge is 2.24. The van der Waals surface area contributed by atoms with E-state index in [9.17, 15) is 0 Å². The van der Waals surface area contributed by atoms with Crippen molar-refractivity contribution in [3.05, 3.63) is 41.8 Å². The molecule has 2 heterocycles. The van der Waals surface area contributed by atoms with Gasteiger partial charge in [0.15, 0.2) is 5.22 Å². The zero-order chi connectivity index (χ0) is 13.9. The summed E-state index contributed by atoms with van der Waals surface area (Å²) >= 11 is 5.77. The van der Waals surface area contributed by atoms with E-state index in [0.29, 0.717) is 17.8 Å². The summed E-state index contributed by atoms with van der Waals surface area (Å²) in [6.45, 7) is 8.20. The van der Waals surface area contributed by atoms with Gasteiger partial charge in [-0.05, 0) is 29.1 Å². The lowest BCUT2D eigenvalue weighted by Gasteiger charge is -2.31. The fourth-order valence-electron chi connectivity index (χ4n) is 1.92. The summed E-state index contributed by atoms with van der Waals surface area (Å²) in [5.41, 5.74) is 0.140. The summed E-state index contributed by atoms with van der Waals surface area (Å²) in [6, 6.07) is 3.97. The summed E-state index contributed by atoms with van der Waals surface area (Å²) in [6.07, 6.45) is 5.61. The molecule has 4 nitrogen and oxygen atoms in total. The van der Waals surface area contributed by atoms with E-state index < -0.39 is 0 Å². The molecule has 19 heavy (non-hydrogen) atoms. The third kappa shape index (κ3) is 4.11. The van der Waals surface area contributed by atoms with E-state index in [1.54, 1.807) is 12.3 Å². The second-order valence-electron chi connectivity index (χ2n) is 5.76. The van der Waals surface area contributed by atoms with Gasteiger partial charge in [-0.2, -0.15) is 0 Å². The van der Waals surface area contributed by atoms with Crippen LogP contribution in [0.5, 0.6) is 0 Å². The first-order valence-corrected chi connectivity index (χ1v) is 6.76. The van der Waals surface area contributed by atoms with E-state index in [1.807, 2.05) is 18.6 Å². The molecule has 0 saturated carbocycles. The smallest absolute Gasteiger partial charge is 0.193 e. The summed E-state index contributed by atoms with van der Waals surface area (Å²) < 4.78 is 7.45. The zero-order valence-corrected chi connectivity index (χ0v) is 12.3. The van der Waals surface area contributed by atoms with Crippen LogP contribution >= 0.6 is 11.6 Å². The minimum absolute atomic E-state index is 0.140. The Kier molecular flexibility index (Phi) is 4.32. The third-order valence-electron chi connectivity index (χ3n) is 3.15. The number of rotatable bonds is 5. The molecule has 1 N–H and O–H groups in total. The quantitative estimate of drug-likeness (QED) is 0.914. The van der Waals surface area contributed by atoms with Crippen LogP contribution in [0.4, 0.5) is 0 Å². The third-order valence-corrected chi connectivity index (χ3v) is 3.35. The molecule has 0 bridgehead atoms. The van der Waals surface area contributed by atoms with Crippen LogP contribution in [0, 0.1) is 5.41 Å². The van der Waals surface area contributed by atoms with Crippen molar-refractivity contribution in [1.29, 1.82) is 0 Å². The Morgan fingerprint density at radius 3 is 2.74 bits per heavy atom. The summed E-state index contributed by atoms with van der Waals surface area (Å²) in [4.78, 5) is 4.08. The highest BCUT2D eigenvalue weighted by Crippen LogP contribution is 2.22. The fourth-order valence-corrected chi connectivity index (χ4v) is 2.08. The van der Waals surface area contributed by atoms with Gasteiger partial charge < -0.3 is 14.3 Å². The van der Waals surface area contributed by atoms with Crippen molar-refractivity contribution in [2.75, 3.05) is 0 Å². The van der Waals surface area contributed by atoms with Crippen LogP contribution in [0.1, 0.15) is 26.5 Å². The largest absolute Gasteiger partial charge is 0.448 e. The molecule has 0 aliphatic rings. The first-order valence-electron chi connectivity index (χ1n) is 6.38. The predicted molar refractivity (Wildman–Crippen MR) is 76.0 cm³/mol. The van der Waals surface area contributed by atoms with Gasteiger partial charge in [-0.3, -0.25) is 0 Å². The Labute approximate surface area is 118 Å². The molecule has 2 aromatic heterocycles. The molecule has 1 unspecified atom stereocenters. The number of aromatic nitrogens is 2. The van der Waals surface area contributed by atoms with Gasteiger partial charge in [0.25, 0.3) is 0 Å². The van der Waals surface area contributed by atoms with E-state index in [0.717, 1.165) is 12.3 Å². The summed E-state index contributed by atoms with van der Waals surface area (Å²) in [5.74, 6) is 0.852. The second kappa shape index (κ2) is 5.80.